The Morgan fingerprint density at radius 3 is 2.60 bits per heavy atom. The van der Waals surface area contributed by atoms with Crippen molar-refractivity contribution in [3.63, 3.8) is 0 Å². The zero-order valence-electron chi connectivity index (χ0n) is 4.70. The third-order valence-corrected chi connectivity index (χ3v) is 3.56. The van der Waals surface area contributed by atoms with Crippen LogP contribution in [0.3, 0.4) is 0 Å². The second kappa shape index (κ2) is 3.28. The first-order chi connectivity index (χ1) is 4.61. The van der Waals surface area contributed by atoms with E-state index in [1.165, 1.54) is 6.07 Å². The van der Waals surface area contributed by atoms with E-state index in [2.05, 4.69) is 38.5 Å². The zero-order valence-corrected chi connectivity index (χ0v) is 9.20. The fraction of sp³-hybridized carbons (Fsp3) is 0. The maximum absolute atomic E-state index is 10.8. The van der Waals surface area contributed by atoms with E-state index >= 15 is 0 Å². The minimum absolute atomic E-state index is 0.144. The first kappa shape index (κ1) is 8.62. The van der Waals surface area contributed by atoms with Crippen LogP contribution in [0.4, 0.5) is 0 Å². The maximum Gasteiger partial charge on any atom is 0.198 e. The van der Waals surface area contributed by atoms with Crippen molar-refractivity contribution in [2.24, 2.45) is 0 Å². The molecule has 0 aliphatic heterocycles. The van der Waals surface area contributed by atoms with Gasteiger partial charge in [0.25, 0.3) is 0 Å². The first-order valence-corrected chi connectivity index (χ1v) is 4.68. The van der Waals surface area contributed by atoms with Crippen LogP contribution in [-0.4, -0.2) is 0 Å². The molecule has 1 rings (SSSR count). The quantitative estimate of drug-likeness (QED) is 0.508. The van der Waals surface area contributed by atoms with E-state index < -0.39 is 0 Å². The molecule has 0 unspecified atom stereocenters. The Morgan fingerprint density at radius 2 is 2.10 bits per heavy atom. The summed E-state index contributed by atoms with van der Waals surface area (Å²) in [6, 6.07) is 3.10. The molecule has 0 aliphatic rings. The van der Waals surface area contributed by atoms with Gasteiger partial charge in [0.05, 0.1) is 5.02 Å². The number of rotatable bonds is 0. The summed E-state index contributed by atoms with van der Waals surface area (Å²) in [5, 5.41) is 11.1. The first-order valence-electron chi connectivity index (χ1n) is 2.43. The van der Waals surface area contributed by atoms with Gasteiger partial charge < -0.3 is 0 Å². The SMILES string of the molecule is [O]c1cc(Br)c(I)cc1Cl. The van der Waals surface area contributed by atoms with Crippen LogP contribution >= 0.6 is 50.1 Å². The molecule has 0 saturated heterocycles. The Kier molecular flexibility index (Phi) is 2.82. The van der Waals surface area contributed by atoms with Crippen molar-refractivity contribution in [3.8, 4) is 5.75 Å². The fourth-order valence-electron chi connectivity index (χ4n) is 0.504. The van der Waals surface area contributed by atoms with E-state index in [9.17, 15) is 5.11 Å². The maximum atomic E-state index is 10.8. The molecule has 4 heteroatoms. The number of benzene rings is 1. The van der Waals surface area contributed by atoms with E-state index in [1.807, 2.05) is 0 Å². The van der Waals surface area contributed by atoms with Crippen molar-refractivity contribution < 1.29 is 5.11 Å². The van der Waals surface area contributed by atoms with E-state index in [4.69, 9.17) is 11.6 Å². The minimum atomic E-state index is -0.144. The predicted octanol–water partition coefficient (Wildman–Crippen LogP) is 3.85. The summed E-state index contributed by atoms with van der Waals surface area (Å²) in [7, 11) is 0. The molecular weight excluding hydrogens is 330 g/mol. The van der Waals surface area contributed by atoms with Gasteiger partial charge in [-0.25, -0.2) is 0 Å². The minimum Gasteiger partial charge on any atom is -0.288 e. The Bertz CT molecular complexity index is 214. The highest BCUT2D eigenvalue weighted by atomic mass is 127. The normalized spacial score (nSPS) is 9.90. The smallest absolute Gasteiger partial charge is 0.198 e. The lowest BCUT2D eigenvalue weighted by Gasteiger charge is -1.96. The summed E-state index contributed by atoms with van der Waals surface area (Å²) in [6.07, 6.45) is 0. The molecule has 1 radical (unpaired) electrons. The predicted molar refractivity (Wildman–Crippen MR) is 52.0 cm³/mol. The molecule has 1 aromatic rings. The average Bonchev–Trinajstić information content (AvgIpc) is 1.84. The Hall–Kier alpha value is 0.520. The van der Waals surface area contributed by atoms with Crippen molar-refractivity contribution >= 4 is 50.1 Å². The highest BCUT2D eigenvalue weighted by Gasteiger charge is 2.03. The second-order valence-electron chi connectivity index (χ2n) is 1.70. The molecule has 1 nitrogen and oxygen atoms in total. The highest BCUT2D eigenvalue weighted by Crippen LogP contribution is 2.31. The lowest BCUT2D eigenvalue weighted by Crippen LogP contribution is -1.74. The zero-order chi connectivity index (χ0) is 7.72. The van der Waals surface area contributed by atoms with Gasteiger partial charge in [-0.3, -0.25) is 5.11 Å². The molecule has 0 aromatic heterocycles. The highest BCUT2D eigenvalue weighted by molar-refractivity contribution is 14.1. The molecule has 0 atom stereocenters. The molecule has 0 saturated carbocycles. The van der Waals surface area contributed by atoms with Gasteiger partial charge in [-0.15, -0.1) is 0 Å². The molecule has 0 amide bonds. The van der Waals surface area contributed by atoms with Gasteiger partial charge in [-0.2, -0.15) is 0 Å². The van der Waals surface area contributed by atoms with Gasteiger partial charge in [0.2, 0.25) is 0 Å². The van der Waals surface area contributed by atoms with Gasteiger partial charge in [0, 0.05) is 14.1 Å². The van der Waals surface area contributed by atoms with Crippen molar-refractivity contribution in [1.29, 1.82) is 0 Å². The molecule has 0 N–H and O–H groups in total. The number of hydrogen-bond donors (Lipinski definition) is 0. The van der Waals surface area contributed by atoms with E-state index in [-0.39, 0.29) is 10.8 Å². The molecule has 0 bridgehead atoms. The van der Waals surface area contributed by atoms with Crippen LogP contribution in [0.2, 0.25) is 5.02 Å². The number of hydrogen-bond acceptors (Lipinski definition) is 0. The van der Waals surface area contributed by atoms with Gasteiger partial charge in [-0.05, 0) is 44.6 Å². The molecule has 53 valence electrons. The van der Waals surface area contributed by atoms with Crippen molar-refractivity contribution in [1.82, 2.24) is 0 Å². The average molecular weight is 332 g/mol. The van der Waals surface area contributed by atoms with Crippen LogP contribution in [0.15, 0.2) is 16.6 Å². The van der Waals surface area contributed by atoms with Gasteiger partial charge in [0.15, 0.2) is 5.75 Å². The fourth-order valence-corrected chi connectivity index (χ4v) is 1.64. The lowest BCUT2D eigenvalue weighted by molar-refractivity contribution is 0.355. The molecule has 10 heavy (non-hydrogen) atoms. The standard InChI is InChI=1S/C6H2BrClIO/c7-3-1-6(10)4(8)2-5(3)9/h1-2H. The van der Waals surface area contributed by atoms with Crippen LogP contribution in [0, 0.1) is 3.57 Å². The van der Waals surface area contributed by atoms with Gasteiger partial charge in [0.1, 0.15) is 0 Å². The third kappa shape index (κ3) is 1.77. The van der Waals surface area contributed by atoms with E-state index in [0.717, 1.165) is 8.04 Å². The Balaban J connectivity index is 3.28. The van der Waals surface area contributed by atoms with Crippen molar-refractivity contribution in [2.75, 3.05) is 0 Å². The summed E-state index contributed by atoms with van der Waals surface area (Å²) in [4.78, 5) is 0. The van der Waals surface area contributed by atoms with Crippen molar-refractivity contribution in [3.05, 3.63) is 25.2 Å². The van der Waals surface area contributed by atoms with Gasteiger partial charge >= 0.3 is 0 Å². The molecule has 1 aromatic carbocycles. The molecule has 0 aliphatic carbocycles. The van der Waals surface area contributed by atoms with Crippen LogP contribution in [-0.2, 0) is 5.11 Å². The summed E-state index contributed by atoms with van der Waals surface area (Å²) >= 11 is 10.9. The topological polar surface area (TPSA) is 19.9 Å². The molecular formula is C6H2BrClIO. The monoisotopic (exact) mass is 331 g/mol. The summed E-state index contributed by atoms with van der Waals surface area (Å²) in [5.74, 6) is -0.144. The van der Waals surface area contributed by atoms with Crippen molar-refractivity contribution in [2.45, 2.75) is 0 Å². The molecule has 0 heterocycles. The van der Waals surface area contributed by atoms with E-state index in [1.54, 1.807) is 6.07 Å². The largest absolute Gasteiger partial charge is 0.288 e. The van der Waals surface area contributed by atoms with E-state index in [0.29, 0.717) is 0 Å². The molecule has 0 fully saturated rings. The lowest BCUT2D eigenvalue weighted by atomic mass is 10.3. The summed E-state index contributed by atoms with van der Waals surface area (Å²) < 4.78 is 1.74. The van der Waals surface area contributed by atoms with Crippen LogP contribution in [0.25, 0.3) is 0 Å². The van der Waals surface area contributed by atoms with Crippen LogP contribution in [0.1, 0.15) is 0 Å². The van der Waals surface area contributed by atoms with Gasteiger partial charge in [-0.1, -0.05) is 11.6 Å². The number of halogens is 3. The van der Waals surface area contributed by atoms with Crippen LogP contribution < -0.4 is 0 Å². The third-order valence-electron chi connectivity index (χ3n) is 0.975. The molecule has 0 spiro atoms. The Morgan fingerprint density at radius 1 is 1.50 bits per heavy atom. The second-order valence-corrected chi connectivity index (χ2v) is 4.12. The van der Waals surface area contributed by atoms with Crippen LogP contribution in [0.5, 0.6) is 5.75 Å². The summed E-state index contributed by atoms with van der Waals surface area (Å²) in [6.45, 7) is 0. The Labute approximate surface area is 85.7 Å². The summed E-state index contributed by atoms with van der Waals surface area (Å²) in [5.41, 5.74) is 0.